The number of ether oxygens (including phenoxy) is 3. The van der Waals surface area contributed by atoms with Gasteiger partial charge in [-0.2, -0.15) is 9.78 Å². The Morgan fingerprint density at radius 1 is 1.23 bits per heavy atom. The van der Waals surface area contributed by atoms with Crippen LogP contribution in [-0.2, 0) is 4.79 Å². The molecule has 14 nitrogen and oxygen atoms in total. The van der Waals surface area contributed by atoms with E-state index in [0.29, 0.717) is 16.1 Å². The molecule has 0 spiro atoms. The fourth-order valence-corrected chi connectivity index (χ4v) is 3.75. The number of carbonyl (C=O) groups excluding carboxylic acids is 2. The summed E-state index contributed by atoms with van der Waals surface area (Å²) in [6.07, 6.45) is 1.36. The number of hydrogen-bond donors (Lipinski definition) is 2. The van der Waals surface area contributed by atoms with Crippen LogP contribution in [0, 0.1) is 0 Å². The van der Waals surface area contributed by atoms with Crippen LogP contribution in [0.1, 0.15) is 23.0 Å². The number of nitrogen functional groups attached to an aromatic ring is 1. The van der Waals surface area contributed by atoms with Gasteiger partial charge in [0, 0.05) is 12.5 Å². The highest BCUT2D eigenvalue weighted by Gasteiger charge is 2.25. The van der Waals surface area contributed by atoms with Crippen molar-refractivity contribution in [2.24, 2.45) is 5.10 Å². The number of carbonyl (C=O) groups is 2. The molecule has 1 aromatic carbocycles. The summed E-state index contributed by atoms with van der Waals surface area (Å²) in [6, 6.07) is 6.71. The Bertz CT molecular complexity index is 1370. The molecule has 0 aliphatic heterocycles. The number of nitrogens with zero attached hydrogens (tertiary/aromatic N) is 6. The van der Waals surface area contributed by atoms with E-state index < -0.39 is 11.9 Å². The van der Waals surface area contributed by atoms with Crippen LogP contribution in [0.4, 0.5) is 5.82 Å². The molecule has 1 amide bonds. The van der Waals surface area contributed by atoms with E-state index in [1.165, 1.54) is 43.4 Å². The first kappa shape index (κ1) is 23.4. The van der Waals surface area contributed by atoms with Crippen molar-refractivity contribution in [1.82, 2.24) is 30.7 Å². The van der Waals surface area contributed by atoms with Gasteiger partial charge in [-0.25, -0.2) is 10.1 Å². The number of hydrazone groups is 1. The Morgan fingerprint density at radius 2 is 1.97 bits per heavy atom. The zero-order valence-electron chi connectivity index (χ0n) is 18.6. The van der Waals surface area contributed by atoms with Crippen molar-refractivity contribution in [3.05, 3.63) is 40.9 Å². The van der Waals surface area contributed by atoms with Crippen molar-refractivity contribution in [1.29, 1.82) is 0 Å². The standard InChI is InChI=1S/C20H18N8O6S/c1-10(29)33-17-12(31-2)7-11(8-13(17)32-3)9-22-24-20(30)15-16(14-5-4-6-35-14)28(27-23-15)19-18(21)25-34-26-19/h4-9H,1-3H3,(H2,21,25)(H,24,30)/b22-9+. The molecule has 35 heavy (non-hydrogen) atoms. The summed E-state index contributed by atoms with van der Waals surface area (Å²) in [4.78, 5) is 25.0. The van der Waals surface area contributed by atoms with Crippen LogP contribution >= 0.6 is 11.3 Å². The van der Waals surface area contributed by atoms with Crippen molar-refractivity contribution in [3.8, 4) is 33.6 Å². The lowest BCUT2D eigenvalue weighted by Crippen LogP contribution is -2.19. The van der Waals surface area contributed by atoms with Gasteiger partial charge in [-0.1, -0.05) is 11.3 Å². The van der Waals surface area contributed by atoms with Gasteiger partial charge < -0.3 is 19.9 Å². The van der Waals surface area contributed by atoms with Gasteiger partial charge in [-0.15, -0.1) is 16.4 Å². The summed E-state index contributed by atoms with van der Waals surface area (Å²) < 4.78 is 21.6. The number of anilines is 1. The lowest BCUT2D eigenvalue weighted by molar-refractivity contribution is -0.132. The van der Waals surface area contributed by atoms with Crippen LogP contribution in [0.5, 0.6) is 17.2 Å². The summed E-state index contributed by atoms with van der Waals surface area (Å²) in [7, 11) is 2.83. The highest BCUT2D eigenvalue weighted by Crippen LogP contribution is 2.38. The largest absolute Gasteiger partial charge is 0.493 e. The van der Waals surface area contributed by atoms with Crippen molar-refractivity contribution >= 4 is 35.2 Å². The molecule has 0 aliphatic carbocycles. The summed E-state index contributed by atoms with van der Waals surface area (Å²) in [5.41, 5.74) is 9.01. The molecule has 0 atom stereocenters. The number of aromatic nitrogens is 5. The first-order valence-corrected chi connectivity index (χ1v) is 10.7. The third-order valence-electron chi connectivity index (χ3n) is 4.44. The summed E-state index contributed by atoms with van der Waals surface area (Å²) in [5.74, 6) is -0.478. The number of rotatable bonds is 8. The molecular formula is C20H18N8O6S. The normalized spacial score (nSPS) is 10.9. The van der Waals surface area contributed by atoms with Crippen LogP contribution in [-0.4, -0.2) is 57.6 Å². The third kappa shape index (κ3) is 4.79. The summed E-state index contributed by atoms with van der Waals surface area (Å²) in [5, 5.41) is 21.0. The average molecular weight is 498 g/mol. The maximum atomic E-state index is 12.9. The fourth-order valence-electron chi connectivity index (χ4n) is 2.99. The van der Waals surface area contributed by atoms with Gasteiger partial charge in [-0.05, 0) is 33.9 Å². The molecule has 4 rings (SSSR count). The minimum absolute atomic E-state index is 0.0159. The lowest BCUT2D eigenvalue weighted by Gasteiger charge is -2.13. The first-order valence-electron chi connectivity index (χ1n) is 9.78. The predicted octanol–water partition coefficient (Wildman–Crippen LogP) is 1.67. The minimum atomic E-state index is -0.638. The van der Waals surface area contributed by atoms with Crippen LogP contribution in [0.3, 0.4) is 0 Å². The Kier molecular flexibility index (Phi) is 6.68. The highest BCUT2D eigenvalue weighted by atomic mass is 32.1. The Morgan fingerprint density at radius 3 is 2.54 bits per heavy atom. The SMILES string of the molecule is COc1cc(/C=N/NC(=O)c2nnn(-c3nonc3N)c2-c2cccs2)cc(OC)c1OC(C)=O. The summed E-state index contributed by atoms with van der Waals surface area (Å²) in [6.45, 7) is 1.26. The number of amides is 1. The second-order valence-corrected chi connectivity index (χ2v) is 7.64. The number of thiophene rings is 1. The Balaban J connectivity index is 1.61. The molecule has 3 heterocycles. The molecule has 3 N–H and O–H groups in total. The average Bonchev–Trinajstić information content (AvgIpc) is 3.59. The Hall–Kier alpha value is -4.79. The summed E-state index contributed by atoms with van der Waals surface area (Å²) >= 11 is 1.36. The molecule has 0 saturated heterocycles. The molecule has 15 heteroatoms. The van der Waals surface area contributed by atoms with Gasteiger partial charge in [0.2, 0.25) is 17.4 Å². The van der Waals surface area contributed by atoms with E-state index in [1.807, 2.05) is 11.4 Å². The second-order valence-electron chi connectivity index (χ2n) is 6.70. The molecule has 3 aromatic heterocycles. The van der Waals surface area contributed by atoms with E-state index in [-0.39, 0.29) is 34.6 Å². The third-order valence-corrected chi connectivity index (χ3v) is 5.32. The van der Waals surface area contributed by atoms with E-state index in [2.05, 4.69) is 35.8 Å². The molecule has 0 aliphatic rings. The number of benzene rings is 1. The zero-order chi connectivity index (χ0) is 24.9. The van der Waals surface area contributed by atoms with Gasteiger partial charge in [0.25, 0.3) is 5.91 Å². The Labute approximate surface area is 201 Å². The van der Waals surface area contributed by atoms with Crippen LogP contribution in [0.25, 0.3) is 16.4 Å². The molecule has 4 aromatic rings. The van der Waals surface area contributed by atoms with E-state index >= 15 is 0 Å². The van der Waals surface area contributed by atoms with E-state index in [1.54, 1.807) is 18.2 Å². The number of hydrogen-bond acceptors (Lipinski definition) is 13. The molecule has 0 saturated carbocycles. The first-order chi connectivity index (χ1) is 16.9. The topological polar surface area (TPSA) is 182 Å². The second kappa shape index (κ2) is 10.0. The van der Waals surface area contributed by atoms with Gasteiger partial charge >= 0.3 is 5.97 Å². The number of esters is 1. The van der Waals surface area contributed by atoms with Crippen LogP contribution in [0.15, 0.2) is 39.4 Å². The van der Waals surface area contributed by atoms with E-state index in [9.17, 15) is 9.59 Å². The molecule has 0 unspecified atom stereocenters. The van der Waals surface area contributed by atoms with Crippen LogP contribution < -0.4 is 25.4 Å². The molecule has 180 valence electrons. The molecule has 0 radical (unpaired) electrons. The van der Waals surface area contributed by atoms with Gasteiger partial charge in [0.15, 0.2) is 17.2 Å². The lowest BCUT2D eigenvalue weighted by atomic mass is 10.2. The molecular weight excluding hydrogens is 480 g/mol. The fraction of sp³-hybridized carbons (Fsp3) is 0.150. The van der Waals surface area contributed by atoms with E-state index in [4.69, 9.17) is 19.9 Å². The predicted molar refractivity (Wildman–Crippen MR) is 123 cm³/mol. The maximum Gasteiger partial charge on any atom is 0.308 e. The number of nitrogens with two attached hydrogens (primary N) is 1. The van der Waals surface area contributed by atoms with Crippen molar-refractivity contribution in [2.75, 3.05) is 20.0 Å². The van der Waals surface area contributed by atoms with Gasteiger partial charge in [-0.3, -0.25) is 9.59 Å². The van der Waals surface area contributed by atoms with Gasteiger partial charge in [0.1, 0.15) is 5.69 Å². The minimum Gasteiger partial charge on any atom is -0.493 e. The molecule has 0 bridgehead atoms. The van der Waals surface area contributed by atoms with Gasteiger partial charge in [0.05, 0.1) is 25.3 Å². The maximum absolute atomic E-state index is 12.9. The number of nitrogens with one attached hydrogen (secondary N) is 1. The van der Waals surface area contributed by atoms with Crippen LogP contribution in [0.2, 0.25) is 0 Å². The van der Waals surface area contributed by atoms with Crippen molar-refractivity contribution in [3.63, 3.8) is 0 Å². The van der Waals surface area contributed by atoms with Crippen molar-refractivity contribution < 1.29 is 28.4 Å². The quantitative estimate of drug-likeness (QED) is 0.156. The molecule has 0 fully saturated rings. The monoisotopic (exact) mass is 498 g/mol. The zero-order valence-corrected chi connectivity index (χ0v) is 19.4. The smallest absolute Gasteiger partial charge is 0.308 e. The van der Waals surface area contributed by atoms with E-state index in [0.717, 1.165) is 0 Å². The number of methoxy groups -OCH3 is 2. The highest BCUT2D eigenvalue weighted by molar-refractivity contribution is 7.13. The van der Waals surface area contributed by atoms with Crippen molar-refractivity contribution in [2.45, 2.75) is 6.92 Å².